The van der Waals surface area contributed by atoms with Crippen LogP contribution >= 0.6 is 7.26 Å². The molecule has 3 rings (SSSR count). The Hall–Kier alpha value is 0.430. The molecule has 3 aliphatic carbocycles. The van der Waals surface area contributed by atoms with Gasteiger partial charge in [0.1, 0.15) is 0 Å². The van der Waals surface area contributed by atoms with E-state index in [9.17, 15) is 0 Å². The predicted molar refractivity (Wildman–Crippen MR) is 109 cm³/mol. The van der Waals surface area contributed by atoms with E-state index in [0.717, 1.165) is 5.92 Å². The molecule has 23 heavy (non-hydrogen) atoms. The molecule has 3 saturated carbocycles. The van der Waals surface area contributed by atoms with Gasteiger partial charge in [0, 0.05) is 0 Å². The van der Waals surface area contributed by atoms with Crippen LogP contribution in [0, 0.1) is 5.92 Å². The van der Waals surface area contributed by atoms with Gasteiger partial charge in [-0.15, -0.1) is 0 Å². The summed E-state index contributed by atoms with van der Waals surface area (Å²) in [6.45, 7) is 5.10. The van der Waals surface area contributed by atoms with E-state index in [0.29, 0.717) is 0 Å². The molecule has 3 fully saturated rings. The van der Waals surface area contributed by atoms with Gasteiger partial charge < -0.3 is 0 Å². The van der Waals surface area contributed by atoms with Gasteiger partial charge >= 0.3 is 146 Å². The van der Waals surface area contributed by atoms with Crippen molar-refractivity contribution in [3.63, 3.8) is 0 Å². The van der Waals surface area contributed by atoms with E-state index < -0.39 is 7.26 Å². The number of hydrogen-bond acceptors (Lipinski definition) is 0. The molecule has 0 spiro atoms. The Morgan fingerprint density at radius 1 is 0.565 bits per heavy atom. The molecule has 3 aliphatic rings. The van der Waals surface area contributed by atoms with Crippen molar-refractivity contribution in [3.8, 4) is 0 Å². The Balaban J connectivity index is 1.91. The molecule has 136 valence electrons. The average Bonchev–Trinajstić information content (AvgIpc) is 2.62. The molecule has 0 heterocycles. The minimum absolute atomic E-state index is 0.951. The monoisotopic (exact) mass is 338 g/mol. The van der Waals surface area contributed by atoms with Crippen LogP contribution in [0.1, 0.15) is 110 Å². The second kappa shape index (κ2) is 8.69. The summed E-state index contributed by atoms with van der Waals surface area (Å²) < 4.78 is 0. The van der Waals surface area contributed by atoms with Gasteiger partial charge in [-0.1, -0.05) is 0 Å². The zero-order valence-electron chi connectivity index (χ0n) is 16.1. The molecule has 0 aromatic heterocycles. The van der Waals surface area contributed by atoms with Crippen LogP contribution < -0.4 is 0 Å². The van der Waals surface area contributed by atoms with Gasteiger partial charge in [0.2, 0.25) is 0 Å². The van der Waals surface area contributed by atoms with Crippen LogP contribution in [0.4, 0.5) is 0 Å². The molecule has 0 aromatic carbocycles. The van der Waals surface area contributed by atoms with E-state index in [-0.39, 0.29) is 0 Å². The van der Waals surface area contributed by atoms with Crippen molar-refractivity contribution >= 4 is 7.26 Å². The molecule has 0 saturated heterocycles. The third-order valence-electron chi connectivity index (χ3n) is 7.86. The van der Waals surface area contributed by atoms with Gasteiger partial charge in [-0.2, -0.15) is 0 Å². The van der Waals surface area contributed by atoms with Crippen molar-refractivity contribution in [2.24, 2.45) is 5.92 Å². The van der Waals surface area contributed by atoms with Crippen molar-refractivity contribution in [2.45, 2.75) is 127 Å². The van der Waals surface area contributed by atoms with Crippen LogP contribution in [0.15, 0.2) is 0 Å². The Morgan fingerprint density at radius 3 is 1.13 bits per heavy atom. The summed E-state index contributed by atoms with van der Waals surface area (Å²) in [5.74, 6) is 0.951. The second-order valence-electron chi connectivity index (χ2n) is 9.72. The molecule has 0 radical (unpaired) electrons. The molecular weight excluding hydrogens is 295 g/mol. The normalized spacial score (nSPS) is 27.4. The fourth-order valence-electron chi connectivity index (χ4n) is 7.13. The molecule has 0 bridgehead atoms. The van der Waals surface area contributed by atoms with Gasteiger partial charge in [0.25, 0.3) is 0 Å². The number of hydrogen-bond donors (Lipinski definition) is 0. The quantitative estimate of drug-likeness (QED) is 0.458. The molecule has 0 aliphatic heterocycles. The molecule has 0 amide bonds. The molecule has 1 heteroatoms. The molecule has 0 unspecified atom stereocenters. The summed E-state index contributed by atoms with van der Waals surface area (Å²) in [5, 5.41) is 0. The van der Waals surface area contributed by atoms with Crippen LogP contribution in [0.3, 0.4) is 0 Å². The first kappa shape index (κ1) is 18.2. The van der Waals surface area contributed by atoms with Crippen molar-refractivity contribution in [1.29, 1.82) is 0 Å². The van der Waals surface area contributed by atoms with Crippen molar-refractivity contribution in [1.82, 2.24) is 0 Å². The SMILES string of the molecule is CC(C)C[PH](C1CCCCC1)(C1CCCCC1)C1CCCCC1. The van der Waals surface area contributed by atoms with E-state index in [4.69, 9.17) is 0 Å². The zero-order valence-corrected chi connectivity index (χ0v) is 17.1. The number of rotatable bonds is 5. The third-order valence-corrected chi connectivity index (χ3v) is 15.7. The van der Waals surface area contributed by atoms with Gasteiger partial charge in [0.15, 0.2) is 0 Å². The van der Waals surface area contributed by atoms with Gasteiger partial charge in [-0.05, 0) is 0 Å². The summed E-state index contributed by atoms with van der Waals surface area (Å²) >= 11 is 0. The Labute approximate surface area is 146 Å². The van der Waals surface area contributed by atoms with Gasteiger partial charge in [-0.25, -0.2) is 0 Å². The average molecular weight is 339 g/mol. The first-order valence-corrected chi connectivity index (χ1v) is 13.7. The first-order chi connectivity index (χ1) is 11.2. The van der Waals surface area contributed by atoms with E-state index in [2.05, 4.69) is 13.8 Å². The van der Waals surface area contributed by atoms with E-state index in [1.807, 2.05) is 0 Å². The predicted octanol–water partition coefficient (Wildman–Crippen LogP) is 7.39. The van der Waals surface area contributed by atoms with Crippen LogP contribution in [0.2, 0.25) is 0 Å². The Kier molecular flexibility index (Phi) is 6.89. The second-order valence-corrected chi connectivity index (χ2v) is 14.8. The maximum absolute atomic E-state index is 2.55. The van der Waals surface area contributed by atoms with Crippen molar-refractivity contribution in [2.75, 3.05) is 6.16 Å². The summed E-state index contributed by atoms with van der Waals surface area (Å²) in [7, 11) is -1.16. The van der Waals surface area contributed by atoms with Gasteiger partial charge in [-0.3, -0.25) is 0 Å². The standard InChI is InChI=1S/C22H43P/c1-19(2)18-23(20-12-6-3-7-13-20,21-14-8-4-9-15-21)22-16-10-5-11-17-22/h19-23H,3-18H2,1-2H3. The van der Waals surface area contributed by atoms with Crippen molar-refractivity contribution < 1.29 is 0 Å². The third kappa shape index (κ3) is 4.16. The summed E-state index contributed by atoms with van der Waals surface area (Å²) in [6, 6.07) is 0. The molecule has 0 atom stereocenters. The maximum atomic E-state index is 2.55. The van der Waals surface area contributed by atoms with Crippen LogP contribution in [-0.4, -0.2) is 23.1 Å². The fraction of sp³-hybridized carbons (Fsp3) is 1.00. The van der Waals surface area contributed by atoms with E-state index >= 15 is 0 Å². The topological polar surface area (TPSA) is 0 Å². The van der Waals surface area contributed by atoms with Crippen LogP contribution in [-0.2, 0) is 0 Å². The zero-order chi connectivity index (χ0) is 16.1. The van der Waals surface area contributed by atoms with Crippen molar-refractivity contribution in [3.05, 3.63) is 0 Å². The Morgan fingerprint density at radius 2 is 0.870 bits per heavy atom. The Bertz CT molecular complexity index is 284. The van der Waals surface area contributed by atoms with Crippen LogP contribution in [0.5, 0.6) is 0 Å². The molecule has 0 nitrogen and oxygen atoms in total. The molecular formula is C22H43P. The summed E-state index contributed by atoms with van der Waals surface area (Å²) in [5.41, 5.74) is 3.64. The summed E-state index contributed by atoms with van der Waals surface area (Å²) in [4.78, 5) is 0. The molecule has 0 aromatic rings. The minimum atomic E-state index is -1.16. The van der Waals surface area contributed by atoms with Crippen LogP contribution in [0.25, 0.3) is 0 Å². The van der Waals surface area contributed by atoms with E-state index in [1.54, 1.807) is 83.2 Å². The fourth-order valence-corrected chi connectivity index (χ4v) is 16.0. The summed E-state index contributed by atoms with van der Waals surface area (Å²) in [6.07, 6.45) is 25.5. The molecule has 0 N–H and O–H groups in total. The first-order valence-electron chi connectivity index (χ1n) is 11.2. The van der Waals surface area contributed by atoms with E-state index in [1.165, 1.54) is 36.2 Å². The van der Waals surface area contributed by atoms with Gasteiger partial charge in [0.05, 0.1) is 0 Å².